The van der Waals surface area contributed by atoms with Crippen molar-refractivity contribution in [2.45, 2.75) is 32.4 Å². The normalized spacial score (nSPS) is 16.8. The summed E-state index contributed by atoms with van der Waals surface area (Å²) in [5.41, 5.74) is 8.16. The van der Waals surface area contributed by atoms with Crippen LogP contribution in [0.15, 0.2) is 42.5 Å². The van der Waals surface area contributed by atoms with Crippen molar-refractivity contribution in [3.05, 3.63) is 48.0 Å². The number of amides is 1. The highest BCUT2D eigenvalue weighted by Crippen LogP contribution is 2.38. The highest BCUT2D eigenvalue weighted by atomic mass is 16.5. The molecule has 0 spiro atoms. The summed E-state index contributed by atoms with van der Waals surface area (Å²) in [5, 5.41) is 0. The highest BCUT2D eigenvalue weighted by Gasteiger charge is 2.36. The summed E-state index contributed by atoms with van der Waals surface area (Å²) in [6, 6.07) is 13.1. The van der Waals surface area contributed by atoms with Crippen molar-refractivity contribution >= 4 is 17.3 Å². The van der Waals surface area contributed by atoms with E-state index in [1.165, 1.54) is 0 Å². The number of nitrogens with zero attached hydrogens (tertiary/aromatic N) is 1. The van der Waals surface area contributed by atoms with Gasteiger partial charge in [-0.1, -0.05) is 18.2 Å². The van der Waals surface area contributed by atoms with Gasteiger partial charge in [-0.25, -0.2) is 0 Å². The molecule has 0 aliphatic carbocycles. The molecule has 1 atom stereocenters. The lowest BCUT2D eigenvalue weighted by Gasteiger charge is -2.37. The first kappa shape index (κ1) is 16.2. The Morgan fingerprint density at radius 3 is 2.71 bits per heavy atom. The quantitative estimate of drug-likeness (QED) is 0.877. The first-order valence-electron chi connectivity index (χ1n) is 8.02. The van der Waals surface area contributed by atoms with Gasteiger partial charge in [0.05, 0.1) is 12.8 Å². The molecule has 1 unspecified atom stereocenters. The maximum absolute atomic E-state index is 13.0. The van der Waals surface area contributed by atoms with E-state index in [-0.39, 0.29) is 11.9 Å². The number of fused-ring (bicyclic) bond motifs is 1. The molecule has 0 saturated heterocycles. The maximum Gasteiger partial charge on any atom is 0.268 e. The molecule has 2 N–H and O–H groups in total. The number of carbonyl (C=O) groups excluding carboxylic acids is 1. The molecule has 0 bridgehead atoms. The van der Waals surface area contributed by atoms with E-state index in [0.717, 1.165) is 17.0 Å². The third-order valence-corrected chi connectivity index (χ3v) is 4.14. The van der Waals surface area contributed by atoms with Gasteiger partial charge in [0.25, 0.3) is 5.91 Å². The van der Waals surface area contributed by atoms with Crippen LogP contribution < -0.4 is 20.1 Å². The third kappa shape index (κ3) is 2.89. The molecule has 5 heteroatoms. The second-order valence-corrected chi connectivity index (χ2v) is 6.15. The zero-order chi connectivity index (χ0) is 17.3. The molecule has 1 aliphatic heterocycles. The summed E-state index contributed by atoms with van der Waals surface area (Å²) in [5.74, 6) is 1.37. The average molecular weight is 326 g/mol. The molecular formula is C19H22N2O3. The lowest BCUT2D eigenvalue weighted by molar-refractivity contribution is -0.126. The van der Waals surface area contributed by atoms with Gasteiger partial charge in [0.15, 0.2) is 6.10 Å². The zero-order valence-corrected chi connectivity index (χ0v) is 14.2. The summed E-state index contributed by atoms with van der Waals surface area (Å²) in [4.78, 5) is 14.7. The minimum atomic E-state index is -0.583. The Kier molecular flexibility index (Phi) is 4.34. The maximum atomic E-state index is 13.0. The largest absolute Gasteiger partial charge is 0.496 e. The van der Waals surface area contributed by atoms with Gasteiger partial charge in [0.1, 0.15) is 11.5 Å². The van der Waals surface area contributed by atoms with Gasteiger partial charge in [0, 0.05) is 18.2 Å². The molecule has 1 amide bonds. The summed E-state index contributed by atoms with van der Waals surface area (Å²) < 4.78 is 11.4. The SMILES string of the molecule is COc1ccccc1CC1Oc2ccc(N)cc2N(C(C)C)C1=O. The summed E-state index contributed by atoms with van der Waals surface area (Å²) in [7, 11) is 1.63. The van der Waals surface area contributed by atoms with E-state index in [0.29, 0.717) is 17.9 Å². The molecule has 5 nitrogen and oxygen atoms in total. The number of para-hydroxylation sites is 1. The molecule has 2 aromatic carbocycles. The van der Waals surface area contributed by atoms with E-state index in [9.17, 15) is 4.79 Å². The molecule has 1 heterocycles. The predicted molar refractivity (Wildman–Crippen MR) is 94.6 cm³/mol. The molecule has 0 radical (unpaired) electrons. The number of carbonyl (C=O) groups is 1. The van der Waals surface area contributed by atoms with Crippen molar-refractivity contribution in [2.75, 3.05) is 17.7 Å². The fraction of sp³-hybridized carbons (Fsp3) is 0.316. The molecule has 2 aromatic rings. The number of rotatable bonds is 4. The molecule has 24 heavy (non-hydrogen) atoms. The van der Waals surface area contributed by atoms with Crippen molar-refractivity contribution < 1.29 is 14.3 Å². The van der Waals surface area contributed by atoms with Gasteiger partial charge in [-0.15, -0.1) is 0 Å². The molecular weight excluding hydrogens is 304 g/mol. The predicted octanol–water partition coefficient (Wildman–Crippen LogP) is 3.02. The van der Waals surface area contributed by atoms with Gasteiger partial charge in [-0.05, 0) is 43.7 Å². The molecule has 3 rings (SSSR count). The molecule has 0 aromatic heterocycles. The van der Waals surface area contributed by atoms with E-state index >= 15 is 0 Å². The van der Waals surface area contributed by atoms with Crippen LogP contribution in [0.1, 0.15) is 19.4 Å². The molecule has 0 fully saturated rings. The van der Waals surface area contributed by atoms with Gasteiger partial charge in [-0.2, -0.15) is 0 Å². The number of ether oxygens (including phenoxy) is 2. The smallest absolute Gasteiger partial charge is 0.268 e. The van der Waals surface area contributed by atoms with Crippen molar-refractivity contribution in [3.8, 4) is 11.5 Å². The highest BCUT2D eigenvalue weighted by molar-refractivity contribution is 6.01. The third-order valence-electron chi connectivity index (χ3n) is 4.14. The Bertz CT molecular complexity index is 758. The lowest BCUT2D eigenvalue weighted by atomic mass is 10.0. The zero-order valence-electron chi connectivity index (χ0n) is 14.2. The summed E-state index contributed by atoms with van der Waals surface area (Å²) in [6.07, 6.45) is -0.129. The Labute approximate surface area is 142 Å². The standard InChI is InChI=1S/C19H22N2O3/c1-12(2)21-15-11-14(20)8-9-17(15)24-18(19(21)22)10-13-6-4-5-7-16(13)23-3/h4-9,11-12,18H,10,20H2,1-3H3. The van der Waals surface area contributed by atoms with Crippen molar-refractivity contribution in [1.82, 2.24) is 0 Å². The lowest BCUT2D eigenvalue weighted by Crippen LogP contribution is -2.50. The van der Waals surface area contributed by atoms with Crippen LogP contribution in [0.4, 0.5) is 11.4 Å². The monoisotopic (exact) mass is 326 g/mol. The summed E-state index contributed by atoms with van der Waals surface area (Å²) in [6.45, 7) is 3.96. The minimum absolute atomic E-state index is 0.0159. The van der Waals surface area contributed by atoms with Gasteiger partial charge in [-0.3, -0.25) is 4.79 Å². The van der Waals surface area contributed by atoms with Crippen LogP contribution in [0.25, 0.3) is 0 Å². The van der Waals surface area contributed by atoms with Gasteiger partial charge >= 0.3 is 0 Å². The number of nitrogens with two attached hydrogens (primary N) is 1. The van der Waals surface area contributed by atoms with Crippen LogP contribution in [0.3, 0.4) is 0 Å². The van der Waals surface area contributed by atoms with Gasteiger partial charge < -0.3 is 20.1 Å². The van der Waals surface area contributed by atoms with Crippen LogP contribution in [0.5, 0.6) is 11.5 Å². The average Bonchev–Trinajstić information content (AvgIpc) is 2.56. The topological polar surface area (TPSA) is 64.8 Å². The van der Waals surface area contributed by atoms with E-state index in [1.807, 2.05) is 44.2 Å². The van der Waals surface area contributed by atoms with Crippen molar-refractivity contribution in [2.24, 2.45) is 0 Å². The number of hydrogen-bond acceptors (Lipinski definition) is 4. The van der Waals surface area contributed by atoms with Crippen molar-refractivity contribution in [3.63, 3.8) is 0 Å². The Morgan fingerprint density at radius 2 is 2.00 bits per heavy atom. The first-order valence-corrected chi connectivity index (χ1v) is 8.02. The summed E-state index contributed by atoms with van der Waals surface area (Å²) >= 11 is 0. The van der Waals surface area contributed by atoms with E-state index in [4.69, 9.17) is 15.2 Å². The Balaban J connectivity index is 1.96. The second-order valence-electron chi connectivity index (χ2n) is 6.15. The van der Waals surface area contributed by atoms with Gasteiger partial charge in [0.2, 0.25) is 0 Å². The van der Waals surface area contributed by atoms with Crippen molar-refractivity contribution in [1.29, 1.82) is 0 Å². The number of methoxy groups -OCH3 is 1. The fourth-order valence-electron chi connectivity index (χ4n) is 3.03. The first-order chi connectivity index (χ1) is 11.5. The minimum Gasteiger partial charge on any atom is -0.496 e. The Hall–Kier alpha value is -2.69. The number of anilines is 2. The number of benzene rings is 2. The van der Waals surface area contributed by atoms with Crippen LogP contribution in [-0.2, 0) is 11.2 Å². The molecule has 1 aliphatic rings. The number of hydrogen-bond donors (Lipinski definition) is 1. The van der Waals surface area contributed by atoms with Crippen LogP contribution >= 0.6 is 0 Å². The molecule has 126 valence electrons. The van der Waals surface area contributed by atoms with Crippen LogP contribution in [0, 0.1) is 0 Å². The van der Waals surface area contributed by atoms with E-state index in [2.05, 4.69) is 0 Å². The number of nitrogen functional groups attached to an aromatic ring is 1. The van der Waals surface area contributed by atoms with Crippen LogP contribution in [-0.4, -0.2) is 25.2 Å². The molecule has 0 saturated carbocycles. The Morgan fingerprint density at radius 1 is 1.25 bits per heavy atom. The van der Waals surface area contributed by atoms with E-state index in [1.54, 1.807) is 24.1 Å². The fourth-order valence-corrected chi connectivity index (χ4v) is 3.03. The van der Waals surface area contributed by atoms with E-state index < -0.39 is 6.10 Å². The second kappa shape index (κ2) is 6.43. The van der Waals surface area contributed by atoms with Crippen LogP contribution in [0.2, 0.25) is 0 Å².